The average molecular weight is 351 g/mol. The molecule has 0 radical (unpaired) electrons. The number of nitrogens with one attached hydrogen (secondary N) is 1. The van der Waals surface area contributed by atoms with E-state index < -0.39 is 0 Å². The van der Waals surface area contributed by atoms with E-state index in [4.69, 9.17) is 9.47 Å². The number of rotatable bonds is 6. The van der Waals surface area contributed by atoms with E-state index in [-0.39, 0.29) is 0 Å². The molecular formula is C16H19BrN2O2. The van der Waals surface area contributed by atoms with Crippen molar-refractivity contribution in [1.82, 2.24) is 10.3 Å². The highest BCUT2D eigenvalue weighted by atomic mass is 79.9. The van der Waals surface area contributed by atoms with E-state index in [1.165, 1.54) is 11.1 Å². The molecule has 2 rings (SSSR count). The number of halogens is 1. The number of aromatic nitrogens is 1. The fourth-order valence-electron chi connectivity index (χ4n) is 2.06. The maximum Gasteiger partial charge on any atom is 0.161 e. The highest BCUT2D eigenvalue weighted by Crippen LogP contribution is 2.33. The number of methoxy groups -OCH3 is 2. The third kappa shape index (κ3) is 3.95. The summed E-state index contributed by atoms with van der Waals surface area (Å²) in [5.41, 5.74) is 3.57. The number of nitrogens with zero attached hydrogens (tertiary/aromatic N) is 1. The number of hydrogen-bond acceptors (Lipinski definition) is 4. The molecule has 2 aromatic rings. The lowest BCUT2D eigenvalue weighted by atomic mass is 10.1. The molecule has 0 aliphatic rings. The molecule has 0 bridgehead atoms. The lowest BCUT2D eigenvalue weighted by Gasteiger charge is -2.13. The molecule has 0 spiro atoms. The largest absolute Gasteiger partial charge is 0.493 e. The van der Waals surface area contributed by atoms with Crippen molar-refractivity contribution in [3.05, 3.63) is 51.8 Å². The zero-order chi connectivity index (χ0) is 15.2. The Labute approximate surface area is 133 Å². The molecule has 0 fully saturated rings. The second-order valence-electron chi connectivity index (χ2n) is 4.70. The zero-order valence-electron chi connectivity index (χ0n) is 12.4. The Morgan fingerprint density at radius 3 is 2.43 bits per heavy atom. The molecule has 21 heavy (non-hydrogen) atoms. The molecule has 0 unspecified atom stereocenters. The van der Waals surface area contributed by atoms with E-state index in [1.807, 2.05) is 30.6 Å². The summed E-state index contributed by atoms with van der Waals surface area (Å²) < 4.78 is 11.6. The van der Waals surface area contributed by atoms with Gasteiger partial charge in [0.1, 0.15) is 0 Å². The zero-order valence-corrected chi connectivity index (χ0v) is 14.0. The van der Waals surface area contributed by atoms with E-state index in [1.54, 1.807) is 14.2 Å². The van der Waals surface area contributed by atoms with Crippen LogP contribution in [-0.2, 0) is 13.1 Å². The SMILES string of the molecule is COc1cc(Br)c(CNCc2ccncc2C)cc1OC. The summed E-state index contributed by atoms with van der Waals surface area (Å²) in [5, 5.41) is 3.43. The molecule has 0 saturated heterocycles. The Hall–Kier alpha value is -1.59. The standard InChI is InChI=1S/C16H19BrN2O2/c1-11-8-18-5-4-12(11)9-19-10-13-6-15(20-2)16(21-3)7-14(13)17/h4-8,19H,9-10H2,1-3H3. The van der Waals surface area contributed by atoms with Gasteiger partial charge in [-0.1, -0.05) is 15.9 Å². The lowest BCUT2D eigenvalue weighted by Crippen LogP contribution is -2.14. The van der Waals surface area contributed by atoms with Gasteiger partial charge in [-0.25, -0.2) is 0 Å². The third-order valence-corrected chi connectivity index (χ3v) is 4.06. The number of ether oxygens (including phenoxy) is 2. The Morgan fingerprint density at radius 1 is 1.10 bits per heavy atom. The van der Waals surface area contributed by atoms with Gasteiger partial charge in [0.2, 0.25) is 0 Å². The lowest BCUT2D eigenvalue weighted by molar-refractivity contribution is 0.354. The van der Waals surface area contributed by atoms with E-state index in [2.05, 4.69) is 33.2 Å². The van der Waals surface area contributed by atoms with Crippen molar-refractivity contribution in [2.75, 3.05) is 14.2 Å². The summed E-state index contributed by atoms with van der Waals surface area (Å²) in [4.78, 5) is 4.10. The topological polar surface area (TPSA) is 43.4 Å². The monoisotopic (exact) mass is 350 g/mol. The molecule has 1 aromatic heterocycles. The highest BCUT2D eigenvalue weighted by molar-refractivity contribution is 9.10. The second-order valence-corrected chi connectivity index (χ2v) is 5.56. The molecular weight excluding hydrogens is 332 g/mol. The van der Waals surface area contributed by atoms with Gasteiger partial charge in [-0.15, -0.1) is 0 Å². The molecule has 0 aliphatic heterocycles. The maximum absolute atomic E-state index is 5.33. The van der Waals surface area contributed by atoms with Crippen LogP contribution in [0.1, 0.15) is 16.7 Å². The highest BCUT2D eigenvalue weighted by Gasteiger charge is 2.09. The molecule has 1 aromatic carbocycles. The van der Waals surface area contributed by atoms with Crippen molar-refractivity contribution >= 4 is 15.9 Å². The van der Waals surface area contributed by atoms with Gasteiger partial charge in [-0.3, -0.25) is 4.98 Å². The number of benzene rings is 1. The van der Waals surface area contributed by atoms with Gasteiger partial charge in [0.15, 0.2) is 11.5 Å². The van der Waals surface area contributed by atoms with Crippen LogP contribution in [0.5, 0.6) is 11.5 Å². The summed E-state index contributed by atoms with van der Waals surface area (Å²) in [6, 6.07) is 5.94. The molecule has 5 heteroatoms. The van der Waals surface area contributed by atoms with Crippen molar-refractivity contribution in [1.29, 1.82) is 0 Å². The van der Waals surface area contributed by atoms with Gasteiger partial charge in [-0.2, -0.15) is 0 Å². The minimum Gasteiger partial charge on any atom is -0.493 e. The fourth-order valence-corrected chi connectivity index (χ4v) is 2.53. The summed E-state index contributed by atoms with van der Waals surface area (Å²) >= 11 is 3.57. The van der Waals surface area contributed by atoms with E-state index in [0.717, 1.165) is 34.6 Å². The van der Waals surface area contributed by atoms with Crippen LogP contribution >= 0.6 is 15.9 Å². The molecule has 4 nitrogen and oxygen atoms in total. The number of hydrogen-bond donors (Lipinski definition) is 1. The predicted octanol–water partition coefficient (Wildman–Crippen LogP) is 3.46. The molecule has 0 aliphatic carbocycles. The van der Waals surface area contributed by atoms with Crippen molar-refractivity contribution < 1.29 is 9.47 Å². The normalized spacial score (nSPS) is 10.5. The van der Waals surface area contributed by atoms with Crippen LogP contribution in [0, 0.1) is 6.92 Å². The van der Waals surface area contributed by atoms with Crippen LogP contribution in [0.3, 0.4) is 0 Å². The molecule has 0 atom stereocenters. The van der Waals surface area contributed by atoms with Crippen LogP contribution < -0.4 is 14.8 Å². The van der Waals surface area contributed by atoms with Crippen molar-refractivity contribution in [2.45, 2.75) is 20.0 Å². The van der Waals surface area contributed by atoms with E-state index >= 15 is 0 Å². The van der Waals surface area contributed by atoms with E-state index in [9.17, 15) is 0 Å². The van der Waals surface area contributed by atoms with Gasteiger partial charge in [0.05, 0.1) is 14.2 Å². The van der Waals surface area contributed by atoms with Gasteiger partial charge in [-0.05, 0) is 41.8 Å². The van der Waals surface area contributed by atoms with Gasteiger partial charge in [0.25, 0.3) is 0 Å². The molecule has 1 N–H and O–H groups in total. The summed E-state index contributed by atoms with van der Waals surface area (Å²) in [6.07, 6.45) is 3.69. The quantitative estimate of drug-likeness (QED) is 0.866. The van der Waals surface area contributed by atoms with Gasteiger partial charge >= 0.3 is 0 Å². The van der Waals surface area contributed by atoms with Crippen molar-refractivity contribution in [3.8, 4) is 11.5 Å². The van der Waals surface area contributed by atoms with Gasteiger partial charge in [0, 0.05) is 30.0 Å². The number of pyridine rings is 1. The van der Waals surface area contributed by atoms with Crippen LogP contribution in [0.15, 0.2) is 35.1 Å². The Kier molecular flexibility index (Phi) is 5.59. The summed E-state index contributed by atoms with van der Waals surface area (Å²) in [6.45, 7) is 3.61. The van der Waals surface area contributed by atoms with Crippen molar-refractivity contribution in [3.63, 3.8) is 0 Å². The van der Waals surface area contributed by atoms with E-state index in [0.29, 0.717) is 0 Å². The maximum atomic E-state index is 5.33. The van der Waals surface area contributed by atoms with Crippen LogP contribution in [0.25, 0.3) is 0 Å². The van der Waals surface area contributed by atoms with Crippen molar-refractivity contribution in [2.24, 2.45) is 0 Å². The Bertz CT molecular complexity index is 617. The number of aryl methyl sites for hydroxylation is 1. The first-order chi connectivity index (χ1) is 10.2. The first-order valence-electron chi connectivity index (χ1n) is 6.66. The molecule has 0 amide bonds. The summed E-state index contributed by atoms with van der Waals surface area (Å²) in [5.74, 6) is 1.45. The summed E-state index contributed by atoms with van der Waals surface area (Å²) in [7, 11) is 3.28. The average Bonchev–Trinajstić information content (AvgIpc) is 2.50. The first-order valence-corrected chi connectivity index (χ1v) is 7.45. The van der Waals surface area contributed by atoms with Gasteiger partial charge < -0.3 is 14.8 Å². The van der Waals surface area contributed by atoms with Crippen LogP contribution in [0.2, 0.25) is 0 Å². The smallest absolute Gasteiger partial charge is 0.161 e. The van der Waals surface area contributed by atoms with Crippen LogP contribution in [0.4, 0.5) is 0 Å². The first kappa shape index (κ1) is 15.8. The molecule has 0 saturated carbocycles. The predicted molar refractivity (Wildman–Crippen MR) is 86.8 cm³/mol. The fraction of sp³-hybridized carbons (Fsp3) is 0.312. The third-order valence-electron chi connectivity index (χ3n) is 3.32. The Balaban J connectivity index is 2.05. The Morgan fingerprint density at radius 2 is 1.76 bits per heavy atom. The molecule has 112 valence electrons. The molecule has 1 heterocycles. The minimum absolute atomic E-state index is 0.720. The second kappa shape index (κ2) is 7.43. The minimum atomic E-state index is 0.720. The van der Waals surface area contributed by atoms with Crippen LogP contribution in [-0.4, -0.2) is 19.2 Å².